The first kappa shape index (κ1) is 18.4. The van der Waals surface area contributed by atoms with E-state index in [2.05, 4.69) is 25.8 Å². The molecule has 1 unspecified atom stereocenters. The molecule has 1 saturated carbocycles. The zero-order chi connectivity index (χ0) is 17.9. The summed E-state index contributed by atoms with van der Waals surface area (Å²) in [5, 5.41) is 0.731. The molecule has 0 aliphatic heterocycles. The van der Waals surface area contributed by atoms with Gasteiger partial charge in [0.2, 0.25) is 0 Å². The number of nitrogens with zero attached hydrogens (tertiary/aromatic N) is 1. The highest BCUT2D eigenvalue weighted by Gasteiger charge is 2.39. The average Bonchev–Trinajstić information content (AvgIpc) is 2.63. The third kappa shape index (κ3) is 4.04. The maximum atomic E-state index is 14.1. The summed E-state index contributed by atoms with van der Waals surface area (Å²) in [5.74, 6) is 1.57. The smallest absolute Gasteiger partial charge is 0.279 e. The molecule has 0 saturated heterocycles. The molecule has 0 N–H and O–H groups in total. The Morgan fingerprint density at radius 3 is 2.44 bits per heavy atom. The Hall–Kier alpha value is -1.44. The Bertz CT molecular complexity index is 674. The summed E-state index contributed by atoms with van der Waals surface area (Å²) < 4.78 is 20.6. The van der Waals surface area contributed by atoms with Gasteiger partial charge >= 0.3 is 0 Å². The van der Waals surface area contributed by atoms with E-state index in [0.717, 1.165) is 18.1 Å². The van der Waals surface area contributed by atoms with Gasteiger partial charge < -0.3 is 4.52 Å². The van der Waals surface area contributed by atoms with Crippen molar-refractivity contribution >= 4 is 18.1 Å². The maximum absolute atomic E-state index is 14.1. The number of pyridine rings is 1. The molecule has 1 heterocycles. The molecule has 134 valence electrons. The standard InChI is InChI=1S/C21H28NO2P/c1-16(2)19-13-12-17(3)15-20(19)24-25(23,18-9-5-4-6-10-18)21-11-7-8-14-22-21/h4-11,14,16-17,19-20H,12-13,15H2,1-3H3/t17-,19+,20-,25?/m1/s1. The molecule has 1 aliphatic carbocycles. The van der Waals surface area contributed by atoms with Crippen LogP contribution in [0.15, 0.2) is 54.7 Å². The van der Waals surface area contributed by atoms with Gasteiger partial charge in [0.05, 0.1) is 6.10 Å². The van der Waals surface area contributed by atoms with Crippen LogP contribution in [-0.2, 0) is 9.09 Å². The molecule has 1 aromatic carbocycles. The molecule has 4 heteroatoms. The van der Waals surface area contributed by atoms with E-state index in [0.29, 0.717) is 23.2 Å². The summed E-state index contributed by atoms with van der Waals surface area (Å²) in [6.45, 7) is 6.75. The van der Waals surface area contributed by atoms with Crippen molar-refractivity contribution in [2.45, 2.75) is 46.1 Å². The second-order valence-electron chi connectivity index (χ2n) is 7.54. The average molecular weight is 357 g/mol. The Balaban J connectivity index is 1.99. The summed E-state index contributed by atoms with van der Waals surface area (Å²) in [7, 11) is -3.21. The highest BCUT2D eigenvalue weighted by atomic mass is 31.2. The topological polar surface area (TPSA) is 39.2 Å². The highest BCUT2D eigenvalue weighted by molar-refractivity contribution is 7.74. The first-order valence-electron chi connectivity index (χ1n) is 9.26. The largest absolute Gasteiger partial charge is 0.317 e. The van der Waals surface area contributed by atoms with Gasteiger partial charge in [-0.1, -0.05) is 51.5 Å². The van der Waals surface area contributed by atoms with E-state index >= 15 is 0 Å². The van der Waals surface area contributed by atoms with Crippen molar-refractivity contribution in [3.63, 3.8) is 0 Å². The molecule has 3 rings (SSSR count). The van der Waals surface area contributed by atoms with Crippen LogP contribution in [0.1, 0.15) is 40.0 Å². The minimum Gasteiger partial charge on any atom is -0.317 e. The van der Waals surface area contributed by atoms with Gasteiger partial charge in [0.1, 0.15) is 5.44 Å². The van der Waals surface area contributed by atoms with Crippen LogP contribution in [0.3, 0.4) is 0 Å². The van der Waals surface area contributed by atoms with Gasteiger partial charge in [-0.3, -0.25) is 9.55 Å². The quantitative estimate of drug-likeness (QED) is 0.723. The third-order valence-corrected chi connectivity index (χ3v) is 7.71. The van der Waals surface area contributed by atoms with E-state index in [1.54, 1.807) is 6.20 Å². The van der Waals surface area contributed by atoms with Crippen LogP contribution in [0.2, 0.25) is 0 Å². The van der Waals surface area contributed by atoms with Crippen molar-refractivity contribution in [3.8, 4) is 0 Å². The van der Waals surface area contributed by atoms with Crippen molar-refractivity contribution in [3.05, 3.63) is 54.7 Å². The van der Waals surface area contributed by atoms with E-state index in [1.165, 1.54) is 6.42 Å². The second kappa shape index (κ2) is 7.85. The lowest BCUT2D eigenvalue weighted by atomic mass is 9.75. The summed E-state index contributed by atoms with van der Waals surface area (Å²) in [6, 6.07) is 15.1. The first-order valence-corrected chi connectivity index (χ1v) is 10.9. The van der Waals surface area contributed by atoms with Crippen LogP contribution in [0.4, 0.5) is 0 Å². The highest BCUT2D eigenvalue weighted by Crippen LogP contribution is 2.49. The van der Waals surface area contributed by atoms with Crippen LogP contribution in [-0.4, -0.2) is 11.1 Å². The summed E-state index contributed by atoms with van der Waals surface area (Å²) in [6.07, 6.45) is 5.03. The van der Waals surface area contributed by atoms with Crippen molar-refractivity contribution in [2.75, 3.05) is 0 Å². The number of rotatable bonds is 5. The lowest BCUT2D eigenvalue weighted by Gasteiger charge is -2.38. The van der Waals surface area contributed by atoms with Crippen LogP contribution in [0.25, 0.3) is 0 Å². The second-order valence-corrected chi connectivity index (χ2v) is 9.83. The van der Waals surface area contributed by atoms with Crippen molar-refractivity contribution < 1.29 is 9.09 Å². The van der Waals surface area contributed by atoms with Gasteiger partial charge in [0.15, 0.2) is 0 Å². The Morgan fingerprint density at radius 1 is 1.08 bits per heavy atom. The minimum absolute atomic E-state index is 0.0109. The molecular formula is C21H28NO2P. The fourth-order valence-corrected chi connectivity index (χ4v) is 6.01. The fourth-order valence-electron chi connectivity index (χ4n) is 3.83. The molecule has 1 aliphatic rings. The molecule has 0 spiro atoms. The molecule has 2 aromatic rings. The predicted octanol–water partition coefficient (Wildman–Crippen LogP) is 4.79. The Kier molecular flexibility index (Phi) is 5.76. The molecule has 1 aromatic heterocycles. The predicted molar refractivity (Wildman–Crippen MR) is 104 cm³/mol. The number of aromatic nitrogens is 1. The van der Waals surface area contributed by atoms with Crippen LogP contribution in [0, 0.1) is 17.8 Å². The maximum Gasteiger partial charge on any atom is 0.279 e. The number of hydrogen-bond donors (Lipinski definition) is 0. The van der Waals surface area contributed by atoms with Gasteiger partial charge in [-0.05, 0) is 54.9 Å². The summed E-state index contributed by atoms with van der Waals surface area (Å²) in [5.41, 5.74) is 0.543. The van der Waals surface area contributed by atoms with Gasteiger partial charge in [-0.15, -0.1) is 0 Å². The van der Waals surface area contributed by atoms with E-state index < -0.39 is 7.37 Å². The molecule has 1 fully saturated rings. The molecular weight excluding hydrogens is 329 g/mol. The Morgan fingerprint density at radius 2 is 1.80 bits per heavy atom. The number of hydrogen-bond acceptors (Lipinski definition) is 3. The molecule has 4 atom stereocenters. The lowest BCUT2D eigenvalue weighted by molar-refractivity contribution is 0.0513. The first-order chi connectivity index (χ1) is 12.0. The normalized spacial score (nSPS) is 26.3. The SMILES string of the molecule is CC(C)[C@@H]1CC[C@@H](C)C[C@H]1OP(=O)(c1ccccc1)c1ccccn1. The van der Waals surface area contributed by atoms with Gasteiger partial charge in [0.25, 0.3) is 7.37 Å². The van der Waals surface area contributed by atoms with Crippen LogP contribution >= 0.6 is 7.37 Å². The van der Waals surface area contributed by atoms with Gasteiger partial charge in [-0.25, -0.2) is 0 Å². The summed E-state index contributed by atoms with van der Waals surface area (Å²) in [4.78, 5) is 4.39. The van der Waals surface area contributed by atoms with Gasteiger partial charge in [-0.2, -0.15) is 0 Å². The molecule has 3 nitrogen and oxygen atoms in total. The van der Waals surface area contributed by atoms with E-state index in [9.17, 15) is 4.57 Å². The van der Waals surface area contributed by atoms with Crippen LogP contribution in [0.5, 0.6) is 0 Å². The Labute approximate surface area is 151 Å². The van der Waals surface area contributed by atoms with E-state index in [1.807, 2.05) is 48.5 Å². The van der Waals surface area contributed by atoms with Crippen molar-refractivity contribution in [1.82, 2.24) is 4.98 Å². The van der Waals surface area contributed by atoms with E-state index in [-0.39, 0.29) is 6.10 Å². The van der Waals surface area contributed by atoms with Gasteiger partial charge in [0, 0.05) is 11.5 Å². The fraction of sp³-hybridized carbons (Fsp3) is 0.476. The van der Waals surface area contributed by atoms with Crippen molar-refractivity contribution in [1.29, 1.82) is 0 Å². The summed E-state index contributed by atoms with van der Waals surface area (Å²) >= 11 is 0. The third-order valence-electron chi connectivity index (χ3n) is 5.29. The molecule has 0 bridgehead atoms. The zero-order valence-corrected chi connectivity index (χ0v) is 16.2. The van der Waals surface area contributed by atoms with E-state index in [4.69, 9.17) is 4.52 Å². The molecule has 25 heavy (non-hydrogen) atoms. The zero-order valence-electron chi connectivity index (χ0n) is 15.3. The molecule has 0 radical (unpaired) electrons. The lowest BCUT2D eigenvalue weighted by Crippen LogP contribution is -2.36. The molecule has 0 amide bonds. The monoisotopic (exact) mass is 357 g/mol. The minimum atomic E-state index is -3.21. The van der Waals surface area contributed by atoms with Crippen molar-refractivity contribution in [2.24, 2.45) is 17.8 Å². The van der Waals surface area contributed by atoms with Crippen LogP contribution < -0.4 is 10.7 Å². The number of benzene rings is 1.